The SMILES string of the molecule is COc1ccc(OC)c(NC(=O)C(=O)NC(C)CCC(C)C)c1. The number of methoxy groups -OCH3 is 2. The van der Waals surface area contributed by atoms with Gasteiger partial charge in [0.1, 0.15) is 11.5 Å². The molecule has 0 spiro atoms. The van der Waals surface area contributed by atoms with Gasteiger partial charge in [-0.25, -0.2) is 0 Å². The maximum Gasteiger partial charge on any atom is 0.313 e. The third-order valence-electron chi connectivity index (χ3n) is 3.42. The van der Waals surface area contributed by atoms with Crippen molar-refractivity contribution in [1.82, 2.24) is 5.32 Å². The third-order valence-corrected chi connectivity index (χ3v) is 3.42. The lowest BCUT2D eigenvalue weighted by Gasteiger charge is -2.15. The van der Waals surface area contributed by atoms with E-state index in [4.69, 9.17) is 9.47 Å². The predicted octanol–water partition coefficient (Wildman–Crippen LogP) is 2.58. The molecule has 0 aliphatic carbocycles. The summed E-state index contributed by atoms with van der Waals surface area (Å²) in [7, 11) is 3.02. The highest BCUT2D eigenvalue weighted by Gasteiger charge is 2.18. The quantitative estimate of drug-likeness (QED) is 0.757. The van der Waals surface area contributed by atoms with E-state index in [1.165, 1.54) is 14.2 Å². The molecule has 2 amide bonds. The molecule has 128 valence electrons. The highest BCUT2D eigenvalue weighted by Crippen LogP contribution is 2.28. The molecule has 1 rings (SSSR count). The molecule has 0 aliphatic rings. The molecule has 0 bridgehead atoms. The number of hydrogen-bond donors (Lipinski definition) is 2. The summed E-state index contributed by atoms with van der Waals surface area (Å²) in [5.74, 6) is 0.190. The molecular formula is C17H26N2O4. The minimum Gasteiger partial charge on any atom is -0.497 e. The highest BCUT2D eigenvalue weighted by molar-refractivity contribution is 6.39. The number of carbonyl (C=O) groups is 2. The summed E-state index contributed by atoms with van der Waals surface area (Å²) < 4.78 is 10.3. The summed E-state index contributed by atoms with van der Waals surface area (Å²) >= 11 is 0. The van der Waals surface area contributed by atoms with Crippen LogP contribution in [0.3, 0.4) is 0 Å². The minimum atomic E-state index is -0.729. The number of nitrogens with one attached hydrogen (secondary N) is 2. The molecule has 1 aromatic rings. The predicted molar refractivity (Wildman–Crippen MR) is 89.9 cm³/mol. The van der Waals surface area contributed by atoms with Gasteiger partial charge in [0.25, 0.3) is 0 Å². The molecule has 6 heteroatoms. The summed E-state index contributed by atoms with van der Waals surface area (Å²) in [6.07, 6.45) is 1.83. The van der Waals surface area contributed by atoms with Gasteiger partial charge in [-0.3, -0.25) is 9.59 Å². The highest BCUT2D eigenvalue weighted by atomic mass is 16.5. The van der Waals surface area contributed by atoms with Crippen LogP contribution in [0.25, 0.3) is 0 Å². The Balaban J connectivity index is 2.66. The van der Waals surface area contributed by atoms with E-state index in [1.807, 2.05) is 6.92 Å². The van der Waals surface area contributed by atoms with Crippen LogP contribution >= 0.6 is 0 Å². The van der Waals surface area contributed by atoms with Crippen LogP contribution in [0, 0.1) is 5.92 Å². The van der Waals surface area contributed by atoms with Gasteiger partial charge in [-0.1, -0.05) is 13.8 Å². The van der Waals surface area contributed by atoms with Crippen molar-refractivity contribution in [3.05, 3.63) is 18.2 Å². The Hall–Kier alpha value is -2.24. The number of ether oxygens (including phenoxy) is 2. The normalized spacial score (nSPS) is 11.7. The van der Waals surface area contributed by atoms with E-state index in [-0.39, 0.29) is 6.04 Å². The average molecular weight is 322 g/mol. The average Bonchev–Trinajstić information content (AvgIpc) is 2.52. The molecule has 6 nitrogen and oxygen atoms in total. The zero-order valence-electron chi connectivity index (χ0n) is 14.4. The van der Waals surface area contributed by atoms with Gasteiger partial charge in [-0.05, 0) is 37.8 Å². The fourth-order valence-electron chi connectivity index (χ4n) is 2.04. The summed E-state index contributed by atoms with van der Waals surface area (Å²) in [5, 5.41) is 5.25. The van der Waals surface area contributed by atoms with Crippen LogP contribution in [0.2, 0.25) is 0 Å². The second-order valence-corrected chi connectivity index (χ2v) is 5.87. The van der Waals surface area contributed by atoms with Crippen molar-refractivity contribution in [3.63, 3.8) is 0 Å². The maximum absolute atomic E-state index is 12.0. The number of carbonyl (C=O) groups excluding carboxylic acids is 2. The van der Waals surface area contributed by atoms with E-state index >= 15 is 0 Å². The van der Waals surface area contributed by atoms with E-state index in [0.29, 0.717) is 23.1 Å². The van der Waals surface area contributed by atoms with Crippen molar-refractivity contribution in [2.45, 2.75) is 39.7 Å². The number of benzene rings is 1. The van der Waals surface area contributed by atoms with Crippen molar-refractivity contribution < 1.29 is 19.1 Å². The number of amides is 2. The van der Waals surface area contributed by atoms with Crippen molar-refractivity contribution >= 4 is 17.5 Å². The monoisotopic (exact) mass is 322 g/mol. The first kappa shape index (κ1) is 18.8. The molecule has 1 aromatic carbocycles. The zero-order valence-corrected chi connectivity index (χ0v) is 14.4. The Morgan fingerprint density at radius 1 is 1.04 bits per heavy atom. The molecule has 1 atom stereocenters. The van der Waals surface area contributed by atoms with Crippen LogP contribution < -0.4 is 20.1 Å². The molecule has 1 unspecified atom stereocenters. The topological polar surface area (TPSA) is 76.7 Å². The van der Waals surface area contributed by atoms with Crippen molar-refractivity contribution in [1.29, 1.82) is 0 Å². The molecule has 0 aromatic heterocycles. The van der Waals surface area contributed by atoms with Gasteiger partial charge >= 0.3 is 11.8 Å². The Labute approximate surface area is 137 Å². The lowest BCUT2D eigenvalue weighted by Crippen LogP contribution is -2.40. The second-order valence-electron chi connectivity index (χ2n) is 5.87. The number of hydrogen-bond acceptors (Lipinski definition) is 4. The van der Waals surface area contributed by atoms with E-state index in [2.05, 4.69) is 24.5 Å². The Morgan fingerprint density at radius 2 is 1.74 bits per heavy atom. The maximum atomic E-state index is 12.0. The molecule has 0 radical (unpaired) electrons. The van der Waals surface area contributed by atoms with Crippen LogP contribution in [0.5, 0.6) is 11.5 Å². The molecule has 0 fully saturated rings. The largest absolute Gasteiger partial charge is 0.497 e. The van der Waals surface area contributed by atoms with Crippen LogP contribution in [0.1, 0.15) is 33.6 Å². The Morgan fingerprint density at radius 3 is 2.30 bits per heavy atom. The summed E-state index contributed by atoms with van der Waals surface area (Å²) in [6, 6.07) is 4.93. The van der Waals surface area contributed by atoms with Crippen LogP contribution in [-0.4, -0.2) is 32.1 Å². The molecule has 23 heavy (non-hydrogen) atoms. The third kappa shape index (κ3) is 6.18. The Bertz CT molecular complexity index is 543. The zero-order chi connectivity index (χ0) is 17.4. The summed E-state index contributed by atoms with van der Waals surface area (Å²) in [6.45, 7) is 6.13. The van der Waals surface area contributed by atoms with Crippen LogP contribution in [0.15, 0.2) is 18.2 Å². The van der Waals surface area contributed by atoms with Gasteiger partial charge in [0.15, 0.2) is 0 Å². The summed E-state index contributed by atoms with van der Waals surface area (Å²) in [5.41, 5.74) is 0.391. The van der Waals surface area contributed by atoms with E-state index < -0.39 is 11.8 Å². The molecular weight excluding hydrogens is 296 g/mol. The second kappa shape index (κ2) is 9.02. The molecule has 2 N–H and O–H groups in total. The van der Waals surface area contributed by atoms with Gasteiger partial charge in [-0.15, -0.1) is 0 Å². The smallest absolute Gasteiger partial charge is 0.313 e. The fraction of sp³-hybridized carbons (Fsp3) is 0.529. The number of anilines is 1. The Kier molecular flexibility index (Phi) is 7.38. The standard InChI is InChI=1S/C17H26N2O4/c1-11(2)6-7-12(3)18-16(20)17(21)19-14-10-13(22-4)8-9-15(14)23-5/h8-12H,6-7H2,1-5H3,(H,18,20)(H,19,21). The van der Waals surface area contributed by atoms with E-state index in [1.54, 1.807) is 18.2 Å². The van der Waals surface area contributed by atoms with Crippen molar-refractivity contribution in [3.8, 4) is 11.5 Å². The molecule has 0 heterocycles. The first-order chi connectivity index (χ1) is 10.9. The van der Waals surface area contributed by atoms with E-state index in [0.717, 1.165) is 12.8 Å². The molecule has 0 aliphatic heterocycles. The van der Waals surface area contributed by atoms with E-state index in [9.17, 15) is 9.59 Å². The van der Waals surface area contributed by atoms with Gasteiger partial charge in [0, 0.05) is 12.1 Å². The van der Waals surface area contributed by atoms with Gasteiger partial charge in [0.2, 0.25) is 0 Å². The van der Waals surface area contributed by atoms with Crippen LogP contribution in [-0.2, 0) is 9.59 Å². The molecule has 0 saturated heterocycles. The first-order valence-electron chi connectivity index (χ1n) is 7.71. The summed E-state index contributed by atoms with van der Waals surface area (Å²) in [4.78, 5) is 24.0. The molecule has 0 saturated carbocycles. The first-order valence-corrected chi connectivity index (χ1v) is 7.71. The lowest BCUT2D eigenvalue weighted by atomic mass is 10.0. The van der Waals surface area contributed by atoms with Crippen molar-refractivity contribution in [2.24, 2.45) is 5.92 Å². The number of rotatable bonds is 7. The van der Waals surface area contributed by atoms with Crippen molar-refractivity contribution in [2.75, 3.05) is 19.5 Å². The van der Waals surface area contributed by atoms with Crippen LogP contribution in [0.4, 0.5) is 5.69 Å². The van der Waals surface area contributed by atoms with Gasteiger partial charge < -0.3 is 20.1 Å². The fourth-order valence-corrected chi connectivity index (χ4v) is 2.04. The lowest BCUT2D eigenvalue weighted by molar-refractivity contribution is -0.136. The van der Waals surface area contributed by atoms with Gasteiger partial charge in [0.05, 0.1) is 19.9 Å². The van der Waals surface area contributed by atoms with Gasteiger partial charge in [-0.2, -0.15) is 0 Å². The minimum absolute atomic E-state index is 0.0529.